The van der Waals surface area contributed by atoms with Crippen LogP contribution in [-0.4, -0.2) is 25.6 Å². The van der Waals surface area contributed by atoms with Crippen LogP contribution in [0.5, 0.6) is 5.75 Å². The van der Waals surface area contributed by atoms with E-state index in [1.165, 1.54) is 12.1 Å². The predicted octanol–water partition coefficient (Wildman–Crippen LogP) is 1.74. The monoisotopic (exact) mass is 299 g/mol. The fourth-order valence-electron chi connectivity index (χ4n) is 2.32. The van der Waals surface area contributed by atoms with Crippen LogP contribution in [0, 0.1) is 0 Å². The van der Waals surface area contributed by atoms with Crippen molar-refractivity contribution in [2.45, 2.75) is 43.1 Å². The molecule has 0 saturated heterocycles. The molecule has 0 heterocycles. The average Bonchev–Trinajstić information content (AvgIpc) is 2.38. The second kappa shape index (κ2) is 5.80. The highest BCUT2D eigenvalue weighted by molar-refractivity contribution is 7.89. The lowest BCUT2D eigenvalue weighted by Gasteiger charge is -2.23. The van der Waals surface area contributed by atoms with E-state index < -0.39 is 16.0 Å². The molecule has 110 valence electrons. The van der Waals surface area contributed by atoms with Gasteiger partial charge in [0.05, 0.1) is 11.0 Å². The van der Waals surface area contributed by atoms with E-state index in [1.807, 2.05) is 0 Å². The van der Waals surface area contributed by atoms with Crippen molar-refractivity contribution >= 4 is 16.0 Å². The first-order chi connectivity index (χ1) is 9.38. The highest BCUT2D eigenvalue weighted by Gasteiger charge is 2.21. The molecule has 0 spiro atoms. The molecule has 1 aromatic rings. The van der Waals surface area contributed by atoms with Crippen LogP contribution in [-0.2, 0) is 10.0 Å². The Hall–Kier alpha value is -1.60. The number of carboxylic acid groups (broad SMARTS) is 1. The van der Waals surface area contributed by atoms with E-state index in [2.05, 4.69) is 0 Å². The molecule has 0 aromatic heterocycles. The fraction of sp³-hybridized carbons (Fsp3) is 0.462. The lowest BCUT2D eigenvalue weighted by Crippen LogP contribution is -2.21. The second-order valence-electron chi connectivity index (χ2n) is 4.89. The summed E-state index contributed by atoms with van der Waals surface area (Å²) in [6.07, 6.45) is 5.04. The minimum absolute atomic E-state index is 0.0119. The van der Waals surface area contributed by atoms with Crippen LogP contribution in [0.15, 0.2) is 23.1 Å². The quantitative estimate of drug-likeness (QED) is 0.880. The molecule has 0 radical (unpaired) electrons. The maximum Gasteiger partial charge on any atom is 0.339 e. The molecule has 0 unspecified atom stereocenters. The van der Waals surface area contributed by atoms with Crippen molar-refractivity contribution in [3.05, 3.63) is 23.8 Å². The van der Waals surface area contributed by atoms with Gasteiger partial charge in [-0.15, -0.1) is 0 Å². The minimum atomic E-state index is -3.93. The van der Waals surface area contributed by atoms with Gasteiger partial charge in [-0.1, -0.05) is 6.42 Å². The van der Waals surface area contributed by atoms with E-state index in [-0.39, 0.29) is 22.3 Å². The number of hydrogen-bond donors (Lipinski definition) is 2. The van der Waals surface area contributed by atoms with Gasteiger partial charge < -0.3 is 9.84 Å². The maximum absolute atomic E-state index is 11.3. The number of benzene rings is 1. The van der Waals surface area contributed by atoms with Crippen LogP contribution in [0.2, 0.25) is 0 Å². The topological polar surface area (TPSA) is 107 Å². The van der Waals surface area contributed by atoms with Crippen molar-refractivity contribution in [3.8, 4) is 5.75 Å². The molecule has 1 aliphatic carbocycles. The van der Waals surface area contributed by atoms with Crippen molar-refractivity contribution in [2.75, 3.05) is 0 Å². The SMILES string of the molecule is NS(=O)(=O)c1ccc(OC2CCCCC2)c(C(=O)O)c1. The van der Waals surface area contributed by atoms with E-state index in [9.17, 15) is 13.2 Å². The zero-order valence-electron chi connectivity index (χ0n) is 10.9. The van der Waals surface area contributed by atoms with E-state index in [0.29, 0.717) is 0 Å². The first kappa shape index (κ1) is 14.8. The fourth-order valence-corrected chi connectivity index (χ4v) is 2.86. The summed E-state index contributed by atoms with van der Waals surface area (Å²) in [4.78, 5) is 11.0. The summed E-state index contributed by atoms with van der Waals surface area (Å²) in [5, 5.41) is 14.2. The van der Waals surface area contributed by atoms with Crippen LogP contribution < -0.4 is 9.88 Å². The Bertz CT molecular complexity index is 605. The van der Waals surface area contributed by atoms with Crippen LogP contribution in [0.25, 0.3) is 0 Å². The van der Waals surface area contributed by atoms with Crippen LogP contribution in [0.3, 0.4) is 0 Å². The Kier molecular flexibility index (Phi) is 4.29. The average molecular weight is 299 g/mol. The zero-order chi connectivity index (χ0) is 14.8. The van der Waals surface area contributed by atoms with Gasteiger partial charge in [0.2, 0.25) is 10.0 Å². The molecule has 1 aromatic carbocycles. The number of carboxylic acids is 1. The van der Waals surface area contributed by atoms with Crippen LogP contribution >= 0.6 is 0 Å². The number of hydrogen-bond acceptors (Lipinski definition) is 4. The molecule has 0 amide bonds. The molecule has 1 aliphatic rings. The number of primary sulfonamides is 1. The summed E-state index contributed by atoms with van der Waals surface area (Å²) in [7, 11) is -3.93. The lowest BCUT2D eigenvalue weighted by molar-refractivity contribution is 0.0685. The van der Waals surface area contributed by atoms with Crippen molar-refractivity contribution in [1.82, 2.24) is 0 Å². The molecule has 0 bridgehead atoms. The Morgan fingerprint density at radius 3 is 2.45 bits per heavy atom. The summed E-state index contributed by atoms with van der Waals surface area (Å²) in [6.45, 7) is 0. The van der Waals surface area contributed by atoms with E-state index in [1.54, 1.807) is 0 Å². The number of carbonyl (C=O) groups is 1. The van der Waals surface area contributed by atoms with Crippen LogP contribution in [0.1, 0.15) is 42.5 Å². The largest absolute Gasteiger partial charge is 0.490 e. The predicted molar refractivity (Wildman–Crippen MR) is 72.3 cm³/mol. The molecule has 7 heteroatoms. The van der Waals surface area contributed by atoms with Gasteiger partial charge in [-0.05, 0) is 43.9 Å². The van der Waals surface area contributed by atoms with Crippen molar-refractivity contribution in [2.24, 2.45) is 5.14 Å². The van der Waals surface area contributed by atoms with Gasteiger partial charge >= 0.3 is 5.97 Å². The van der Waals surface area contributed by atoms with Gasteiger partial charge in [-0.3, -0.25) is 0 Å². The van der Waals surface area contributed by atoms with Crippen molar-refractivity contribution in [1.29, 1.82) is 0 Å². The van der Waals surface area contributed by atoms with Gasteiger partial charge in [-0.2, -0.15) is 0 Å². The highest BCUT2D eigenvalue weighted by atomic mass is 32.2. The third-order valence-electron chi connectivity index (χ3n) is 3.36. The molecule has 1 fully saturated rings. The maximum atomic E-state index is 11.3. The van der Waals surface area contributed by atoms with Gasteiger partial charge in [-0.25, -0.2) is 18.4 Å². The summed E-state index contributed by atoms with van der Waals surface area (Å²) in [5.41, 5.74) is -0.179. The molecule has 2 rings (SSSR count). The van der Waals surface area contributed by atoms with Crippen molar-refractivity contribution in [3.63, 3.8) is 0 Å². The Morgan fingerprint density at radius 2 is 1.90 bits per heavy atom. The third-order valence-corrected chi connectivity index (χ3v) is 4.27. The van der Waals surface area contributed by atoms with Gasteiger partial charge in [0, 0.05) is 0 Å². The minimum Gasteiger partial charge on any atom is -0.490 e. The zero-order valence-corrected chi connectivity index (χ0v) is 11.7. The highest BCUT2D eigenvalue weighted by Crippen LogP contribution is 2.27. The van der Waals surface area contributed by atoms with Gasteiger partial charge in [0.25, 0.3) is 0 Å². The number of nitrogens with two attached hydrogens (primary N) is 1. The van der Waals surface area contributed by atoms with Gasteiger partial charge in [0.1, 0.15) is 11.3 Å². The smallest absolute Gasteiger partial charge is 0.339 e. The number of ether oxygens (including phenoxy) is 1. The first-order valence-corrected chi connectivity index (χ1v) is 7.99. The van der Waals surface area contributed by atoms with E-state index in [4.69, 9.17) is 15.0 Å². The summed E-state index contributed by atoms with van der Waals surface area (Å²) >= 11 is 0. The third kappa shape index (κ3) is 3.49. The van der Waals surface area contributed by atoms with Gasteiger partial charge in [0.15, 0.2) is 0 Å². The molecule has 0 atom stereocenters. The molecule has 3 N–H and O–H groups in total. The summed E-state index contributed by atoms with van der Waals surface area (Å²) in [5.74, 6) is -1.04. The Morgan fingerprint density at radius 1 is 1.25 bits per heavy atom. The molecule has 6 nitrogen and oxygen atoms in total. The standard InChI is InChI=1S/C13H17NO5S/c14-20(17,18)10-6-7-12(11(8-10)13(15)16)19-9-4-2-1-3-5-9/h6-9H,1-5H2,(H,15,16)(H2,14,17,18). The normalized spacial score (nSPS) is 16.9. The Labute approximate surface area is 117 Å². The molecule has 20 heavy (non-hydrogen) atoms. The van der Waals surface area contributed by atoms with E-state index >= 15 is 0 Å². The number of aromatic carboxylic acids is 1. The number of rotatable bonds is 4. The van der Waals surface area contributed by atoms with Crippen LogP contribution in [0.4, 0.5) is 0 Å². The summed E-state index contributed by atoms with van der Waals surface area (Å²) in [6, 6.07) is 3.66. The molecular formula is C13H17NO5S. The molecule has 0 aliphatic heterocycles. The lowest BCUT2D eigenvalue weighted by atomic mass is 9.97. The van der Waals surface area contributed by atoms with E-state index in [0.717, 1.165) is 38.2 Å². The van der Waals surface area contributed by atoms with Crippen molar-refractivity contribution < 1.29 is 23.1 Å². The number of sulfonamides is 1. The Balaban J connectivity index is 2.30. The first-order valence-electron chi connectivity index (χ1n) is 6.45. The molecular weight excluding hydrogens is 282 g/mol. The summed E-state index contributed by atoms with van der Waals surface area (Å²) < 4.78 is 28.2. The second-order valence-corrected chi connectivity index (χ2v) is 6.45. The molecule has 1 saturated carbocycles.